The van der Waals surface area contributed by atoms with Crippen molar-refractivity contribution in [1.82, 2.24) is 5.32 Å². The molecule has 1 aliphatic rings. The monoisotopic (exact) mass is 359 g/mol. The summed E-state index contributed by atoms with van der Waals surface area (Å²) in [6, 6.07) is 8.53. The maximum atomic E-state index is 12.0. The van der Waals surface area contributed by atoms with Gasteiger partial charge in [-0.3, -0.25) is 14.4 Å². The molecule has 0 aliphatic carbocycles. The lowest BCUT2D eigenvalue weighted by Gasteiger charge is -2.23. The van der Waals surface area contributed by atoms with E-state index in [1.807, 2.05) is 13.0 Å². The Morgan fingerprint density at radius 2 is 2.08 bits per heavy atom. The zero-order valence-corrected chi connectivity index (χ0v) is 14.5. The third-order valence-corrected chi connectivity index (χ3v) is 4.57. The summed E-state index contributed by atoms with van der Waals surface area (Å²) in [5, 5.41) is 7.96. The third-order valence-electron chi connectivity index (χ3n) is 3.57. The molecule has 1 aliphatic heterocycles. The molecule has 0 unspecified atom stereocenters. The first-order valence-electron chi connectivity index (χ1n) is 7.68. The fourth-order valence-electron chi connectivity index (χ4n) is 2.30. The van der Waals surface area contributed by atoms with Crippen LogP contribution in [-0.4, -0.2) is 30.4 Å². The third kappa shape index (κ3) is 3.97. The molecule has 2 aromatic rings. The standard InChI is InChI=1S/C17H17N3O4S/c1-9-3-6-14(25-9)17(23)18-8-15(21)19-11-4-5-13-12(7-11)20-16(22)10(2)24-13/h3-7,10H,8H2,1-2H3,(H,18,23)(H,19,21)(H,20,22)/t10-/m1/s1. The minimum absolute atomic E-state index is 0.146. The molecule has 0 saturated carbocycles. The largest absolute Gasteiger partial charge is 0.479 e. The minimum Gasteiger partial charge on any atom is -0.479 e. The number of aryl methyl sites for hydroxylation is 1. The van der Waals surface area contributed by atoms with E-state index in [1.54, 1.807) is 31.2 Å². The molecule has 25 heavy (non-hydrogen) atoms. The molecule has 0 saturated heterocycles. The van der Waals surface area contributed by atoms with Crippen LogP contribution in [0.15, 0.2) is 30.3 Å². The van der Waals surface area contributed by atoms with Gasteiger partial charge in [-0.2, -0.15) is 0 Å². The lowest BCUT2D eigenvalue weighted by Crippen LogP contribution is -2.34. The van der Waals surface area contributed by atoms with E-state index in [0.717, 1.165) is 4.88 Å². The molecule has 8 heteroatoms. The van der Waals surface area contributed by atoms with E-state index in [4.69, 9.17) is 4.74 Å². The number of anilines is 2. The van der Waals surface area contributed by atoms with Crippen molar-refractivity contribution in [3.63, 3.8) is 0 Å². The van der Waals surface area contributed by atoms with Gasteiger partial charge in [-0.1, -0.05) is 0 Å². The maximum absolute atomic E-state index is 12.0. The number of amides is 3. The van der Waals surface area contributed by atoms with Crippen molar-refractivity contribution in [2.45, 2.75) is 20.0 Å². The van der Waals surface area contributed by atoms with Gasteiger partial charge >= 0.3 is 0 Å². The van der Waals surface area contributed by atoms with Gasteiger partial charge in [0.15, 0.2) is 6.10 Å². The van der Waals surface area contributed by atoms with E-state index in [1.165, 1.54) is 11.3 Å². The Morgan fingerprint density at radius 1 is 1.28 bits per heavy atom. The molecule has 1 aromatic carbocycles. The molecule has 3 rings (SSSR count). The van der Waals surface area contributed by atoms with Gasteiger partial charge in [0.05, 0.1) is 17.1 Å². The molecule has 0 fully saturated rings. The summed E-state index contributed by atoms with van der Waals surface area (Å²) < 4.78 is 5.45. The van der Waals surface area contributed by atoms with Crippen LogP contribution >= 0.6 is 11.3 Å². The SMILES string of the molecule is Cc1ccc(C(=O)NCC(=O)Nc2ccc3c(c2)NC(=O)[C@@H](C)O3)s1. The Bertz CT molecular complexity index is 846. The number of hydrogen-bond donors (Lipinski definition) is 3. The van der Waals surface area contributed by atoms with Gasteiger partial charge in [0, 0.05) is 10.6 Å². The van der Waals surface area contributed by atoms with Gasteiger partial charge < -0.3 is 20.7 Å². The van der Waals surface area contributed by atoms with Gasteiger partial charge in [0.2, 0.25) is 5.91 Å². The average molecular weight is 359 g/mol. The highest BCUT2D eigenvalue weighted by molar-refractivity contribution is 7.13. The summed E-state index contributed by atoms with van der Waals surface area (Å²) in [6.07, 6.45) is -0.552. The number of benzene rings is 1. The lowest BCUT2D eigenvalue weighted by atomic mass is 10.2. The second-order valence-corrected chi connectivity index (χ2v) is 6.89. The molecule has 3 amide bonds. The van der Waals surface area contributed by atoms with E-state index >= 15 is 0 Å². The fourth-order valence-corrected chi connectivity index (χ4v) is 3.08. The van der Waals surface area contributed by atoms with Crippen LogP contribution in [0.25, 0.3) is 0 Å². The Kier molecular flexibility index (Phi) is 4.71. The van der Waals surface area contributed by atoms with E-state index in [2.05, 4.69) is 16.0 Å². The van der Waals surface area contributed by atoms with Gasteiger partial charge in [0.1, 0.15) is 5.75 Å². The normalized spacial score (nSPS) is 15.6. The summed E-state index contributed by atoms with van der Waals surface area (Å²) in [5.74, 6) is -0.340. The van der Waals surface area contributed by atoms with Gasteiger partial charge in [-0.15, -0.1) is 11.3 Å². The molecule has 7 nitrogen and oxygen atoms in total. The molecule has 3 N–H and O–H groups in total. The molecule has 0 spiro atoms. The van der Waals surface area contributed by atoms with Crippen LogP contribution in [-0.2, 0) is 9.59 Å². The van der Waals surface area contributed by atoms with Crippen molar-refractivity contribution >= 4 is 40.4 Å². The molecule has 0 radical (unpaired) electrons. The van der Waals surface area contributed by atoms with Gasteiger partial charge in [-0.25, -0.2) is 0 Å². The Labute approximate surface area is 148 Å². The summed E-state index contributed by atoms with van der Waals surface area (Å²) in [5.41, 5.74) is 1.00. The zero-order chi connectivity index (χ0) is 18.0. The highest BCUT2D eigenvalue weighted by atomic mass is 32.1. The van der Waals surface area contributed by atoms with Crippen LogP contribution in [0.5, 0.6) is 5.75 Å². The van der Waals surface area contributed by atoms with Crippen molar-refractivity contribution in [1.29, 1.82) is 0 Å². The molecule has 1 atom stereocenters. The second kappa shape index (κ2) is 6.94. The minimum atomic E-state index is -0.552. The summed E-state index contributed by atoms with van der Waals surface area (Å²) in [4.78, 5) is 37.2. The Hall–Kier alpha value is -2.87. The number of rotatable bonds is 4. The summed E-state index contributed by atoms with van der Waals surface area (Å²) >= 11 is 1.37. The van der Waals surface area contributed by atoms with E-state index < -0.39 is 6.10 Å². The first-order valence-corrected chi connectivity index (χ1v) is 8.50. The van der Waals surface area contributed by atoms with Crippen LogP contribution in [0.1, 0.15) is 21.5 Å². The van der Waals surface area contributed by atoms with Crippen molar-refractivity contribution in [3.05, 3.63) is 40.1 Å². The number of carbonyl (C=O) groups is 3. The lowest BCUT2D eigenvalue weighted by molar-refractivity contribution is -0.122. The highest BCUT2D eigenvalue weighted by Crippen LogP contribution is 2.32. The molecule has 130 valence electrons. The number of hydrogen-bond acceptors (Lipinski definition) is 5. The molecular weight excluding hydrogens is 342 g/mol. The van der Waals surface area contributed by atoms with Gasteiger partial charge in [-0.05, 0) is 44.2 Å². The van der Waals surface area contributed by atoms with Crippen molar-refractivity contribution in [2.75, 3.05) is 17.2 Å². The first-order chi connectivity index (χ1) is 11.9. The van der Waals surface area contributed by atoms with E-state index in [9.17, 15) is 14.4 Å². The number of nitrogens with one attached hydrogen (secondary N) is 3. The number of fused-ring (bicyclic) bond motifs is 1. The van der Waals surface area contributed by atoms with Crippen molar-refractivity contribution in [2.24, 2.45) is 0 Å². The highest BCUT2D eigenvalue weighted by Gasteiger charge is 2.23. The summed E-state index contributed by atoms with van der Waals surface area (Å²) in [6.45, 7) is 3.42. The Morgan fingerprint density at radius 3 is 2.80 bits per heavy atom. The van der Waals surface area contributed by atoms with Crippen LogP contribution in [0, 0.1) is 6.92 Å². The zero-order valence-electron chi connectivity index (χ0n) is 13.7. The van der Waals surface area contributed by atoms with E-state index in [0.29, 0.717) is 22.0 Å². The molecule has 2 heterocycles. The van der Waals surface area contributed by atoms with Crippen molar-refractivity contribution in [3.8, 4) is 5.75 Å². The predicted octanol–water partition coefficient (Wildman–Crippen LogP) is 2.14. The number of carbonyl (C=O) groups excluding carboxylic acids is 3. The smallest absolute Gasteiger partial charge is 0.265 e. The maximum Gasteiger partial charge on any atom is 0.265 e. The Balaban J connectivity index is 1.57. The molecule has 0 bridgehead atoms. The van der Waals surface area contributed by atoms with Crippen LogP contribution in [0.2, 0.25) is 0 Å². The second-order valence-electron chi connectivity index (χ2n) is 5.60. The molecular formula is C17H17N3O4S. The van der Waals surface area contributed by atoms with E-state index in [-0.39, 0.29) is 24.3 Å². The van der Waals surface area contributed by atoms with Crippen LogP contribution < -0.4 is 20.7 Å². The number of thiophene rings is 1. The molecule has 1 aromatic heterocycles. The topological polar surface area (TPSA) is 96.5 Å². The quantitative estimate of drug-likeness (QED) is 0.779. The van der Waals surface area contributed by atoms with Crippen LogP contribution in [0.4, 0.5) is 11.4 Å². The predicted molar refractivity (Wildman–Crippen MR) is 95.2 cm³/mol. The van der Waals surface area contributed by atoms with Crippen LogP contribution in [0.3, 0.4) is 0 Å². The summed E-state index contributed by atoms with van der Waals surface area (Å²) in [7, 11) is 0. The number of ether oxygens (including phenoxy) is 1. The van der Waals surface area contributed by atoms with Gasteiger partial charge in [0.25, 0.3) is 11.8 Å². The average Bonchev–Trinajstić information content (AvgIpc) is 3.00. The fraction of sp³-hybridized carbons (Fsp3) is 0.235. The van der Waals surface area contributed by atoms with Crippen molar-refractivity contribution < 1.29 is 19.1 Å². The first kappa shape index (κ1) is 17.0.